The monoisotopic (exact) mass is 411 g/mol. The van der Waals surface area contributed by atoms with Crippen LogP contribution in [0.1, 0.15) is 38.4 Å². The Balaban J connectivity index is 1.72. The lowest BCUT2D eigenvalue weighted by atomic mass is 9.99. The first-order valence-corrected chi connectivity index (χ1v) is 9.71. The van der Waals surface area contributed by atoms with Gasteiger partial charge >= 0.3 is 0 Å². The van der Waals surface area contributed by atoms with E-state index >= 15 is 0 Å². The molecule has 3 aromatic rings. The fraction of sp³-hybridized carbons (Fsp3) is 0.0833. The summed E-state index contributed by atoms with van der Waals surface area (Å²) in [5.74, 6) is 0.371. The molecule has 154 valence electrons. The van der Waals surface area contributed by atoms with Crippen LogP contribution in [0.2, 0.25) is 0 Å². The van der Waals surface area contributed by atoms with Gasteiger partial charge < -0.3 is 16.0 Å². The number of carbonyl (C=O) groups excluding carboxylic acids is 2. The summed E-state index contributed by atoms with van der Waals surface area (Å²) in [6.07, 6.45) is 7.38. The lowest BCUT2D eigenvalue weighted by molar-refractivity contribution is -0.110. The van der Waals surface area contributed by atoms with Crippen LogP contribution in [-0.4, -0.2) is 28.4 Å². The first-order chi connectivity index (χ1) is 15.0. The number of nitrogens with zero attached hydrogens (tertiary/aromatic N) is 2. The molecule has 4 N–H and O–H groups in total. The van der Waals surface area contributed by atoms with Crippen LogP contribution in [0.3, 0.4) is 0 Å². The van der Waals surface area contributed by atoms with Gasteiger partial charge in [0.2, 0.25) is 0 Å². The quantitative estimate of drug-likeness (QED) is 0.334. The molecule has 2 aromatic heterocycles. The lowest BCUT2D eigenvalue weighted by Gasteiger charge is -2.05. The maximum Gasteiger partial charge on any atom is 0.256 e. The van der Waals surface area contributed by atoms with Crippen LogP contribution in [0.15, 0.2) is 53.8 Å². The number of allylic oxidation sites excluding steroid dienone is 1. The molecule has 1 amide bonds. The molecule has 3 heterocycles. The molecular formula is C24H21N5O2. The summed E-state index contributed by atoms with van der Waals surface area (Å²) in [5.41, 5.74) is 12.3. The van der Waals surface area contributed by atoms with Crippen molar-refractivity contribution in [2.45, 2.75) is 13.8 Å². The van der Waals surface area contributed by atoms with Gasteiger partial charge in [-0.25, -0.2) is 9.98 Å². The zero-order valence-electron chi connectivity index (χ0n) is 17.1. The van der Waals surface area contributed by atoms with Crippen molar-refractivity contribution in [3.8, 4) is 0 Å². The number of nitrogens with two attached hydrogens (primary N) is 1. The minimum atomic E-state index is -0.202. The molecular weight excluding hydrogens is 390 g/mol. The highest BCUT2D eigenvalue weighted by Gasteiger charge is 2.25. The van der Waals surface area contributed by atoms with Crippen molar-refractivity contribution < 1.29 is 9.59 Å². The minimum absolute atomic E-state index is 0.202. The number of anilines is 1. The van der Waals surface area contributed by atoms with Crippen molar-refractivity contribution in [3.05, 3.63) is 82.4 Å². The van der Waals surface area contributed by atoms with Crippen LogP contribution < -0.4 is 11.1 Å². The molecule has 4 rings (SSSR count). The van der Waals surface area contributed by atoms with Crippen molar-refractivity contribution in [1.82, 2.24) is 9.97 Å². The fourth-order valence-electron chi connectivity index (χ4n) is 3.55. The second-order valence-electron chi connectivity index (χ2n) is 7.16. The Labute approximate surface area is 179 Å². The number of aliphatic imine (C=N–C) groups is 1. The molecule has 0 unspecified atom stereocenters. The average Bonchev–Trinajstić information content (AvgIpc) is 3.24. The molecule has 0 saturated carbocycles. The Hall–Kier alpha value is -4.26. The van der Waals surface area contributed by atoms with E-state index in [-0.39, 0.29) is 5.91 Å². The number of aromatic amines is 1. The largest absolute Gasteiger partial charge is 0.404 e. The maximum atomic E-state index is 12.6. The number of aromatic nitrogens is 2. The van der Waals surface area contributed by atoms with Crippen molar-refractivity contribution in [1.29, 1.82) is 0 Å². The summed E-state index contributed by atoms with van der Waals surface area (Å²) in [5, 5.41) is 2.88. The Morgan fingerprint density at radius 2 is 2.03 bits per heavy atom. The third kappa shape index (κ3) is 3.81. The second kappa shape index (κ2) is 8.23. The van der Waals surface area contributed by atoms with Gasteiger partial charge in [0.15, 0.2) is 12.1 Å². The number of pyridine rings is 1. The molecule has 31 heavy (non-hydrogen) atoms. The zero-order chi connectivity index (χ0) is 22.0. The number of aryl methyl sites for hydroxylation is 1. The summed E-state index contributed by atoms with van der Waals surface area (Å²) in [4.78, 5) is 35.7. The standard InChI is InChI=1S/C24H21N5O2/c1-14-20(13-30)15(2)28-22(14)10-19-18-9-16(6-7-21(18)29-24(19)31)17(11-25)12-27-23-5-3-4-8-26-23/h3-13,28H,25H2,1-2H3,(H,29,31)/b17-11?,19-10-,27-12?. The van der Waals surface area contributed by atoms with Gasteiger partial charge in [-0.3, -0.25) is 9.59 Å². The van der Waals surface area contributed by atoms with Gasteiger partial charge in [0, 0.05) is 52.4 Å². The van der Waals surface area contributed by atoms with E-state index in [4.69, 9.17) is 5.73 Å². The van der Waals surface area contributed by atoms with E-state index in [1.807, 2.05) is 44.2 Å². The fourth-order valence-corrected chi connectivity index (χ4v) is 3.55. The van der Waals surface area contributed by atoms with Gasteiger partial charge in [-0.1, -0.05) is 12.1 Å². The number of H-pyrrole nitrogens is 1. The number of hydrogen-bond acceptors (Lipinski definition) is 5. The number of rotatable bonds is 5. The van der Waals surface area contributed by atoms with Gasteiger partial charge in [-0.15, -0.1) is 0 Å². The number of nitrogens with one attached hydrogen (secondary N) is 2. The van der Waals surface area contributed by atoms with Crippen LogP contribution >= 0.6 is 0 Å². The topological polar surface area (TPSA) is 113 Å². The maximum absolute atomic E-state index is 12.6. The van der Waals surface area contributed by atoms with Crippen molar-refractivity contribution in [2.24, 2.45) is 10.7 Å². The van der Waals surface area contributed by atoms with Crippen molar-refractivity contribution >= 4 is 47.1 Å². The van der Waals surface area contributed by atoms with Crippen LogP contribution in [0.25, 0.3) is 17.2 Å². The van der Waals surface area contributed by atoms with E-state index < -0.39 is 0 Å². The second-order valence-corrected chi connectivity index (χ2v) is 7.16. The highest BCUT2D eigenvalue weighted by atomic mass is 16.2. The normalized spacial score (nSPS) is 14.8. The number of aldehydes is 1. The Bertz CT molecular complexity index is 1270. The predicted molar refractivity (Wildman–Crippen MR) is 123 cm³/mol. The molecule has 7 heteroatoms. The molecule has 0 bridgehead atoms. The molecule has 1 aliphatic heterocycles. The van der Waals surface area contributed by atoms with Gasteiger partial charge in [-0.2, -0.15) is 0 Å². The molecule has 0 radical (unpaired) electrons. The van der Waals surface area contributed by atoms with E-state index in [0.29, 0.717) is 22.5 Å². The van der Waals surface area contributed by atoms with Crippen molar-refractivity contribution in [2.75, 3.05) is 5.32 Å². The summed E-state index contributed by atoms with van der Waals surface area (Å²) in [7, 11) is 0. The van der Waals surface area contributed by atoms with E-state index in [9.17, 15) is 9.59 Å². The van der Waals surface area contributed by atoms with Gasteiger partial charge in [0.25, 0.3) is 5.91 Å². The van der Waals surface area contributed by atoms with Crippen molar-refractivity contribution in [3.63, 3.8) is 0 Å². The van der Waals surface area contributed by atoms with Gasteiger partial charge in [-0.05, 0) is 55.3 Å². The van der Waals surface area contributed by atoms with E-state index in [1.54, 1.807) is 24.6 Å². The summed E-state index contributed by atoms with van der Waals surface area (Å²) in [6, 6.07) is 11.1. The predicted octanol–water partition coefficient (Wildman–Crippen LogP) is 4.03. The number of amides is 1. The number of carbonyl (C=O) groups is 2. The summed E-state index contributed by atoms with van der Waals surface area (Å²) < 4.78 is 0. The molecule has 1 aliphatic rings. The number of benzene rings is 1. The first-order valence-electron chi connectivity index (χ1n) is 9.71. The first kappa shape index (κ1) is 20.0. The number of hydrogen-bond donors (Lipinski definition) is 3. The molecule has 0 saturated heterocycles. The molecule has 0 aliphatic carbocycles. The zero-order valence-corrected chi connectivity index (χ0v) is 17.1. The van der Waals surface area contributed by atoms with Crippen LogP contribution in [0, 0.1) is 13.8 Å². The molecule has 0 spiro atoms. The van der Waals surface area contributed by atoms with Crippen LogP contribution in [-0.2, 0) is 4.79 Å². The SMILES string of the molecule is Cc1[nH]c(/C=C2\C(=O)Nc3ccc(C(C=Nc4ccccn4)=CN)cc32)c(C)c1C=O. The number of fused-ring (bicyclic) bond motifs is 1. The average molecular weight is 411 g/mol. The lowest BCUT2D eigenvalue weighted by Crippen LogP contribution is -2.03. The van der Waals surface area contributed by atoms with Crippen LogP contribution in [0.4, 0.5) is 11.5 Å². The summed E-state index contributed by atoms with van der Waals surface area (Å²) in [6.45, 7) is 3.69. The van der Waals surface area contributed by atoms with E-state index in [0.717, 1.165) is 40.1 Å². The van der Waals surface area contributed by atoms with E-state index in [2.05, 4.69) is 20.3 Å². The third-order valence-corrected chi connectivity index (χ3v) is 5.24. The smallest absolute Gasteiger partial charge is 0.256 e. The minimum Gasteiger partial charge on any atom is -0.404 e. The molecule has 7 nitrogen and oxygen atoms in total. The highest BCUT2D eigenvalue weighted by molar-refractivity contribution is 6.35. The Kier molecular flexibility index (Phi) is 5.32. The van der Waals surface area contributed by atoms with Crippen LogP contribution in [0.5, 0.6) is 0 Å². The summed E-state index contributed by atoms with van der Waals surface area (Å²) >= 11 is 0. The van der Waals surface area contributed by atoms with Gasteiger partial charge in [0.1, 0.15) is 0 Å². The highest BCUT2D eigenvalue weighted by Crippen LogP contribution is 2.35. The van der Waals surface area contributed by atoms with Gasteiger partial charge in [0.05, 0.1) is 5.57 Å². The Morgan fingerprint density at radius 1 is 1.19 bits per heavy atom. The van der Waals surface area contributed by atoms with E-state index in [1.165, 1.54) is 6.20 Å². The third-order valence-electron chi connectivity index (χ3n) is 5.24. The Morgan fingerprint density at radius 3 is 2.71 bits per heavy atom. The molecule has 0 fully saturated rings. The molecule has 1 aromatic carbocycles. The molecule has 0 atom stereocenters.